The third-order valence-electron chi connectivity index (χ3n) is 2.34. The minimum absolute atomic E-state index is 0.402. The van der Waals surface area contributed by atoms with Crippen LogP contribution in [0.25, 0.3) is 0 Å². The summed E-state index contributed by atoms with van der Waals surface area (Å²) in [5, 5.41) is 0. The van der Waals surface area contributed by atoms with E-state index in [1.54, 1.807) is 7.11 Å². The molecule has 0 heterocycles. The van der Waals surface area contributed by atoms with Gasteiger partial charge >= 0.3 is 0 Å². The second kappa shape index (κ2) is 5.32. The van der Waals surface area contributed by atoms with Crippen molar-refractivity contribution >= 4 is 10.0 Å². The van der Waals surface area contributed by atoms with Gasteiger partial charge in [-0.2, -0.15) is 4.31 Å². The number of hydrogen-bond donors (Lipinski definition) is 0. The average molecular weight is 243 g/mol. The van der Waals surface area contributed by atoms with Crippen LogP contribution in [0.5, 0.6) is 5.75 Å². The molecule has 16 heavy (non-hydrogen) atoms. The fourth-order valence-electron chi connectivity index (χ4n) is 1.40. The lowest BCUT2D eigenvalue weighted by atomic mass is 10.2. The molecule has 0 saturated carbocycles. The minimum Gasteiger partial charge on any atom is -0.497 e. The molecule has 0 saturated heterocycles. The fourth-order valence-corrected chi connectivity index (χ4v) is 2.25. The summed E-state index contributed by atoms with van der Waals surface area (Å²) < 4.78 is 29.2. The van der Waals surface area contributed by atoms with Crippen LogP contribution in [0, 0.1) is 0 Å². The first-order chi connectivity index (χ1) is 7.47. The number of ether oxygens (including phenoxy) is 1. The Labute approximate surface area is 96.9 Å². The molecule has 0 N–H and O–H groups in total. The van der Waals surface area contributed by atoms with E-state index in [-0.39, 0.29) is 0 Å². The van der Waals surface area contributed by atoms with Gasteiger partial charge in [0.15, 0.2) is 0 Å². The molecule has 0 radical (unpaired) electrons. The van der Waals surface area contributed by atoms with Crippen molar-refractivity contribution in [2.75, 3.05) is 19.9 Å². The molecule has 0 fully saturated rings. The average Bonchev–Trinajstić information content (AvgIpc) is 2.25. The van der Waals surface area contributed by atoms with Gasteiger partial charge in [-0.3, -0.25) is 0 Å². The van der Waals surface area contributed by atoms with Crippen LogP contribution in [-0.2, 0) is 16.6 Å². The Bertz CT molecular complexity index is 425. The maximum atomic E-state index is 11.4. The van der Waals surface area contributed by atoms with E-state index in [0.717, 1.165) is 11.3 Å². The third kappa shape index (κ3) is 3.50. The summed E-state index contributed by atoms with van der Waals surface area (Å²) in [7, 11) is -1.53. The number of nitrogens with zero attached hydrogens (tertiary/aromatic N) is 1. The lowest BCUT2D eigenvalue weighted by Crippen LogP contribution is -2.29. The van der Waals surface area contributed by atoms with Crippen LogP contribution >= 0.6 is 0 Å². The van der Waals surface area contributed by atoms with E-state index in [1.165, 1.54) is 10.6 Å². The van der Waals surface area contributed by atoms with Gasteiger partial charge in [-0.25, -0.2) is 8.42 Å². The normalized spacial score (nSPS) is 11.8. The molecule has 1 aromatic rings. The Kier molecular flexibility index (Phi) is 4.32. The molecule has 0 spiro atoms. The number of benzene rings is 1. The molecule has 0 aromatic heterocycles. The van der Waals surface area contributed by atoms with E-state index >= 15 is 0 Å². The monoisotopic (exact) mass is 243 g/mol. The Morgan fingerprint density at radius 1 is 1.25 bits per heavy atom. The molecule has 4 nitrogen and oxygen atoms in total. The molecule has 0 aliphatic heterocycles. The molecule has 1 rings (SSSR count). The fraction of sp³-hybridized carbons (Fsp3) is 0.455. The summed E-state index contributed by atoms with van der Waals surface area (Å²) in [5.41, 5.74) is 0.952. The molecule has 0 amide bonds. The highest BCUT2D eigenvalue weighted by Crippen LogP contribution is 2.14. The molecular formula is C11H17NO3S. The summed E-state index contributed by atoms with van der Waals surface area (Å²) in [6.45, 7) is 2.70. The highest BCUT2D eigenvalue weighted by molar-refractivity contribution is 7.88. The van der Waals surface area contributed by atoms with E-state index in [1.807, 2.05) is 31.2 Å². The van der Waals surface area contributed by atoms with Crippen LogP contribution in [0.1, 0.15) is 12.5 Å². The Morgan fingerprint density at radius 2 is 1.81 bits per heavy atom. The molecule has 5 heteroatoms. The lowest BCUT2D eigenvalue weighted by molar-refractivity contribution is 0.412. The van der Waals surface area contributed by atoms with Crippen LogP contribution in [0.4, 0.5) is 0 Å². The smallest absolute Gasteiger partial charge is 0.211 e. The second-order valence-corrected chi connectivity index (χ2v) is 5.52. The summed E-state index contributed by atoms with van der Waals surface area (Å²) in [5.74, 6) is 0.770. The predicted molar refractivity (Wildman–Crippen MR) is 63.9 cm³/mol. The number of sulfonamides is 1. The molecule has 0 unspecified atom stereocenters. The molecule has 90 valence electrons. The van der Waals surface area contributed by atoms with Gasteiger partial charge in [0, 0.05) is 13.1 Å². The van der Waals surface area contributed by atoms with Crippen LogP contribution in [0.15, 0.2) is 24.3 Å². The maximum Gasteiger partial charge on any atom is 0.211 e. The first-order valence-corrected chi connectivity index (χ1v) is 6.90. The van der Waals surface area contributed by atoms with Crippen LogP contribution < -0.4 is 4.74 Å². The standard InChI is InChI=1S/C11H17NO3S/c1-4-12(16(3,13)14)9-10-5-7-11(15-2)8-6-10/h5-8H,4,9H2,1-3H3. The van der Waals surface area contributed by atoms with Gasteiger partial charge in [-0.1, -0.05) is 19.1 Å². The summed E-state index contributed by atoms with van der Waals surface area (Å²) in [6, 6.07) is 7.39. The van der Waals surface area contributed by atoms with Crippen molar-refractivity contribution in [2.45, 2.75) is 13.5 Å². The minimum atomic E-state index is -3.13. The van der Waals surface area contributed by atoms with Crippen molar-refractivity contribution in [1.82, 2.24) is 4.31 Å². The van der Waals surface area contributed by atoms with Crippen LogP contribution in [0.2, 0.25) is 0 Å². The zero-order valence-electron chi connectivity index (χ0n) is 9.80. The van der Waals surface area contributed by atoms with Gasteiger partial charge in [0.2, 0.25) is 10.0 Å². The zero-order chi connectivity index (χ0) is 12.2. The van der Waals surface area contributed by atoms with Crippen molar-refractivity contribution < 1.29 is 13.2 Å². The molecule has 0 aliphatic rings. The molecular weight excluding hydrogens is 226 g/mol. The van der Waals surface area contributed by atoms with Gasteiger partial charge in [0.05, 0.1) is 13.4 Å². The van der Waals surface area contributed by atoms with E-state index < -0.39 is 10.0 Å². The van der Waals surface area contributed by atoms with Gasteiger partial charge < -0.3 is 4.74 Å². The van der Waals surface area contributed by atoms with Crippen molar-refractivity contribution in [3.63, 3.8) is 0 Å². The molecule has 1 aromatic carbocycles. The Balaban J connectivity index is 2.79. The van der Waals surface area contributed by atoms with E-state index in [2.05, 4.69) is 0 Å². The van der Waals surface area contributed by atoms with Crippen molar-refractivity contribution in [1.29, 1.82) is 0 Å². The summed E-state index contributed by atoms with van der Waals surface area (Å²) >= 11 is 0. The predicted octanol–water partition coefficient (Wildman–Crippen LogP) is 1.48. The Morgan fingerprint density at radius 3 is 2.19 bits per heavy atom. The highest BCUT2D eigenvalue weighted by Gasteiger charge is 2.14. The number of hydrogen-bond acceptors (Lipinski definition) is 3. The topological polar surface area (TPSA) is 46.6 Å². The third-order valence-corrected chi connectivity index (χ3v) is 3.67. The molecule has 0 bridgehead atoms. The Hall–Kier alpha value is -1.07. The summed E-state index contributed by atoms with van der Waals surface area (Å²) in [6.07, 6.45) is 1.22. The first-order valence-electron chi connectivity index (χ1n) is 5.05. The van der Waals surface area contributed by atoms with E-state index in [4.69, 9.17) is 4.74 Å². The van der Waals surface area contributed by atoms with Gasteiger partial charge in [0.1, 0.15) is 5.75 Å². The summed E-state index contributed by atoms with van der Waals surface area (Å²) in [4.78, 5) is 0. The van der Waals surface area contributed by atoms with Gasteiger partial charge in [-0.05, 0) is 17.7 Å². The molecule has 0 atom stereocenters. The van der Waals surface area contributed by atoms with Crippen molar-refractivity contribution in [3.05, 3.63) is 29.8 Å². The largest absolute Gasteiger partial charge is 0.497 e. The van der Waals surface area contributed by atoms with Gasteiger partial charge in [0.25, 0.3) is 0 Å². The number of methoxy groups -OCH3 is 1. The van der Waals surface area contributed by atoms with Crippen molar-refractivity contribution in [3.8, 4) is 5.75 Å². The van der Waals surface area contributed by atoms with Crippen LogP contribution in [0.3, 0.4) is 0 Å². The van der Waals surface area contributed by atoms with Crippen LogP contribution in [-0.4, -0.2) is 32.6 Å². The second-order valence-electron chi connectivity index (χ2n) is 3.54. The highest BCUT2D eigenvalue weighted by atomic mass is 32.2. The van der Waals surface area contributed by atoms with Gasteiger partial charge in [-0.15, -0.1) is 0 Å². The maximum absolute atomic E-state index is 11.4. The SMILES string of the molecule is CCN(Cc1ccc(OC)cc1)S(C)(=O)=O. The number of rotatable bonds is 5. The lowest BCUT2D eigenvalue weighted by Gasteiger charge is -2.17. The van der Waals surface area contributed by atoms with E-state index in [0.29, 0.717) is 13.1 Å². The molecule has 0 aliphatic carbocycles. The van der Waals surface area contributed by atoms with Crippen molar-refractivity contribution in [2.24, 2.45) is 0 Å². The quantitative estimate of drug-likeness (QED) is 0.787. The van der Waals surface area contributed by atoms with E-state index in [9.17, 15) is 8.42 Å². The first kappa shape index (κ1) is 13.0. The zero-order valence-corrected chi connectivity index (χ0v) is 10.6.